The van der Waals surface area contributed by atoms with E-state index in [0.29, 0.717) is 5.75 Å². The minimum Gasteiger partial charge on any atom is -0.497 e. The zero-order valence-electron chi connectivity index (χ0n) is 11.2. The molecule has 2 aromatic rings. The van der Waals surface area contributed by atoms with Gasteiger partial charge in [0.1, 0.15) is 5.75 Å². The van der Waals surface area contributed by atoms with Crippen LogP contribution in [0.25, 0.3) is 0 Å². The van der Waals surface area contributed by atoms with Crippen LogP contribution in [0.2, 0.25) is 0 Å². The maximum atomic E-state index is 12.0. The lowest BCUT2D eigenvalue weighted by atomic mass is 10.2. The molecule has 0 saturated carbocycles. The van der Waals surface area contributed by atoms with E-state index >= 15 is 0 Å². The molecule has 0 fully saturated rings. The highest BCUT2D eigenvalue weighted by molar-refractivity contribution is 9.10. The van der Waals surface area contributed by atoms with Gasteiger partial charge in [-0.15, -0.1) is 0 Å². The number of nitrogens with zero attached hydrogens (tertiary/aromatic N) is 1. The number of halogens is 1. The van der Waals surface area contributed by atoms with Crippen LogP contribution in [0.1, 0.15) is 5.56 Å². The highest BCUT2D eigenvalue weighted by Gasteiger charge is 2.11. The number of nitrogens with one attached hydrogen (secondary N) is 1. The molecule has 110 valence electrons. The summed E-state index contributed by atoms with van der Waals surface area (Å²) in [7, 11) is -2.10. The molecule has 0 aliphatic rings. The third kappa shape index (κ3) is 4.30. The molecule has 21 heavy (non-hydrogen) atoms. The first-order valence-electron chi connectivity index (χ1n) is 5.96. The maximum Gasteiger partial charge on any atom is 0.276 e. The number of hydrazone groups is 1. The van der Waals surface area contributed by atoms with E-state index in [0.717, 1.165) is 10.0 Å². The van der Waals surface area contributed by atoms with Crippen molar-refractivity contribution in [1.82, 2.24) is 4.83 Å². The third-order valence-corrected chi connectivity index (χ3v) is 4.37. The minimum atomic E-state index is -3.66. The molecule has 2 rings (SSSR count). The van der Waals surface area contributed by atoms with Gasteiger partial charge < -0.3 is 4.74 Å². The summed E-state index contributed by atoms with van der Waals surface area (Å²) in [6, 6.07) is 13.4. The van der Waals surface area contributed by atoms with Crippen molar-refractivity contribution < 1.29 is 13.2 Å². The molecule has 0 aliphatic heterocycles. The Kier molecular flexibility index (Phi) is 4.98. The molecule has 0 aliphatic carbocycles. The fourth-order valence-corrected chi connectivity index (χ4v) is 2.61. The third-order valence-electron chi connectivity index (χ3n) is 2.60. The quantitative estimate of drug-likeness (QED) is 0.651. The summed E-state index contributed by atoms with van der Waals surface area (Å²) in [5.74, 6) is 0.676. The SMILES string of the molecule is COc1cccc(C=NNS(=O)(=O)c2ccc(Br)cc2)c1. The Bertz CT molecular complexity index is 743. The van der Waals surface area contributed by atoms with Crippen LogP contribution in [0.15, 0.2) is 63.0 Å². The fourth-order valence-electron chi connectivity index (χ4n) is 1.56. The van der Waals surface area contributed by atoms with Crippen molar-refractivity contribution in [3.05, 3.63) is 58.6 Å². The van der Waals surface area contributed by atoms with Crippen LogP contribution in [0.4, 0.5) is 0 Å². The second kappa shape index (κ2) is 6.73. The Hall–Kier alpha value is -1.86. The summed E-state index contributed by atoms with van der Waals surface area (Å²) >= 11 is 3.25. The van der Waals surface area contributed by atoms with Crippen LogP contribution >= 0.6 is 15.9 Å². The first-order chi connectivity index (χ1) is 10.0. The zero-order valence-corrected chi connectivity index (χ0v) is 13.6. The van der Waals surface area contributed by atoms with Crippen molar-refractivity contribution in [2.75, 3.05) is 7.11 Å². The van der Waals surface area contributed by atoms with E-state index in [4.69, 9.17) is 4.74 Å². The van der Waals surface area contributed by atoms with Gasteiger partial charge >= 0.3 is 0 Å². The van der Waals surface area contributed by atoms with E-state index in [9.17, 15) is 8.42 Å². The first-order valence-corrected chi connectivity index (χ1v) is 8.23. The summed E-state index contributed by atoms with van der Waals surface area (Å²) < 4.78 is 29.9. The molecule has 0 unspecified atom stereocenters. The molecule has 5 nitrogen and oxygen atoms in total. The average Bonchev–Trinajstić information content (AvgIpc) is 2.48. The Labute approximate surface area is 131 Å². The smallest absolute Gasteiger partial charge is 0.276 e. The van der Waals surface area contributed by atoms with Crippen molar-refractivity contribution in [2.45, 2.75) is 4.90 Å². The van der Waals surface area contributed by atoms with Crippen LogP contribution in [-0.4, -0.2) is 21.7 Å². The molecule has 0 spiro atoms. The molecule has 1 N–H and O–H groups in total. The number of hydrogen-bond donors (Lipinski definition) is 1. The Morgan fingerprint density at radius 2 is 1.90 bits per heavy atom. The van der Waals surface area contributed by atoms with Crippen molar-refractivity contribution in [3.63, 3.8) is 0 Å². The average molecular weight is 369 g/mol. The Morgan fingerprint density at radius 3 is 2.57 bits per heavy atom. The van der Waals surface area contributed by atoms with Gasteiger partial charge in [0.15, 0.2) is 0 Å². The standard InChI is InChI=1S/C14H13BrN2O3S/c1-20-13-4-2-3-11(9-13)10-16-17-21(18,19)14-7-5-12(15)6-8-14/h2-10,17H,1H3. The van der Waals surface area contributed by atoms with Crippen molar-refractivity contribution in [3.8, 4) is 5.75 Å². The zero-order chi connectivity index (χ0) is 15.3. The molecular weight excluding hydrogens is 356 g/mol. The Morgan fingerprint density at radius 1 is 1.19 bits per heavy atom. The second-order valence-electron chi connectivity index (χ2n) is 4.08. The highest BCUT2D eigenvalue weighted by Crippen LogP contribution is 2.14. The largest absolute Gasteiger partial charge is 0.497 e. The topological polar surface area (TPSA) is 67.8 Å². The molecule has 2 aromatic carbocycles. The van der Waals surface area contributed by atoms with Crippen molar-refractivity contribution in [1.29, 1.82) is 0 Å². The predicted octanol–water partition coefficient (Wildman–Crippen LogP) is 2.77. The molecular formula is C14H13BrN2O3S. The van der Waals surface area contributed by atoms with Crippen LogP contribution in [0.3, 0.4) is 0 Å². The van der Waals surface area contributed by atoms with Gasteiger partial charge in [-0.3, -0.25) is 0 Å². The van der Waals surface area contributed by atoms with E-state index in [1.54, 1.807) is 43.5 Å². The van der Waals surface area contributed by atoms with Crippen molar-refractivity contribution in [2.24, 2.45) is 5.10 Å². The number of ether oxygens (including phenoxy) is 1. The predicted molar refractivity (Wildman–Crippen MR) is 85.1 cm³/mol. The monoisotopic (exact) mass is 368 g/mol. The maximum absolute atomic E-state index is 12.0. The first kappa shape index (κ1) is 15.5. The lowest BCUT2D eigenvalue weighted by Gasteiger charge is -2.03. The van der Waals surface area contributed by atoms with Gasteiger partial charge in [0, 0.05) is 4.47 Å². The van der Waals surface area contributed by atoms with E-state index in [1.807, 2.05) is 0 Å². The number of rotatable bonds is 5. The van der Waals surface area contributed by atoms with E-state index < -0.39 is 10.0 Å². The Balaban J connectivity index is 2.10. The van der Waals surface area contributed by atoms with Crippen LogP contribution in [-0.2, 0) is 10.0 Å². The fraction of sp³-hybridized carbons (Fsp3) is 0.0714. The normalized spacial score (nSPS) is 11.5. The van der Waals surface area contributed by atoms with E-state index in [-0.39, 0.29) is 4.90 Å². The molecule has 0 aromatic heterocycles. The summed E-state index contributed by atoms with van der Waals surface area (Å²) in [5.41, 5.74) is 0.729. The second-order valence-corrected chi connectivity index (χ2v) is 6.66. The lowest BCUT2D eigenvalue weighted by Crippen LogP contribution is -2.18. The van der Waals surface area contributed by atoms with Crippen LogP contribution < -0.4 is 9.57 Å². The van der Waals surface area contributed by atoms with Gasteiger partial charge in [0.05, 0.1) is 18.2 Å². The molecule has 0 heterocycles. The molecule has 7 heteroatoms. The van der Waals surface area contributed by atoms with Gasteiger partial charge in [-0.25, -0.2) is 4.83 Å². The van der Waals surface area contributed by atoms with E-state index in [1.165, 1.54) is 18.3 Å². The van der Waals surface area contributed by atoms with Gasteiger partial charge in [0.25, 0.3) is 10.0 Å². The minimum absolute atomic E-state index is 0.147. The van der Waals surface area contributed by atoms with Gasteiger partial charge in [-0.2, -0.15) is 13.5 Å². The number of methoxy groups -OCH3 is 1. The molecule has 0 saturated heterocycles. The summed E-state index contributed by atoms with van der Waals surface area (Å²) in [5, 5.41) is 3.76. The summed E-state index contributed by atoms with van der Waals surface area (Å²) in [4.78, 5) is 2.31. The number of sulfonamides is 1. The lowest BCUT2D eigenvalue weighted by molar-refractivity contribution is 0.415. The van der Waals surface area contributed by atoms with Crippen LogP contribution in [0, 0.1) is 0 Å². The molecule has 0 bridgehead atoms. The number of hydrogen-bond acceptors (Lipinski definition) is 4. The molecule has 0 atom stereocenters. The van der Waals surface area contributed by atoms with Crippen molar-refractivity contribution >= 4 is 32.2 Å². The van der Waals surface area contributed by atoms with Crippen LogP contribution in [0.5, 0.6) is 5.75 Å². The summed E-state index contributed by atoms with van der Waals surface area (Å²) in [6.45, 7) is 0. The van der Waals surface area contributed by atoms with Gasteiger partial charge in [-0.1, -0.05) is 28.1 Å². The molecule has 0 radical (unpaired) electrons. The van der Waals surface area contributed by atoms with Gasteiger partial charge in [0.2, 0.25) is 0 Å². The molecule has 0 amide bonds. The van der Waals surface area contributed by atoms with Gasteiger partial charge in [-0.05, 0) is 42.0 Å². The van der Waals surface area contributed by atoms with E-state index in [2.05, 4.69) is 25.9 Å². The number of benzene rings is 2. The highest BCUT2D eigenvalue weighted by atomic mass is 79.9. The summed E-state index contributed by atoms with van der Waals surface area (Å²) in [6.07, 6.45) is 1.42.